The first-order valence-electron chi connectivity index (χ1n) is 27.5. The molecule has 10 bridgehead atoms. The molecule has 4 aromatic rings. The fraction of sp³-hybridized carbons (Fsp3) is 0.661. The maximum Gasteiger partial charge on any atom is 0.325 e. The van der Waals surface area contributed by atoms with E-state index in [2.05, 4.69) is 70.1 Å². The summed E-state index contributed by atoms with van der Waals surface area (Å²) in [5.41, 5.74) is 9.54. The Morgan fingerprint density at radius 2 is 1.80 bits per heavy atom. The molecule has 9 fully saturated rings. The van der Waals surface area contributed by atoms with Gasteiger partial charge in [-0.25, -0.2) is 10.4 Å². The normalized spacial score (nSPS) is 30.6. The van der Waals surface area contributed by atoms with Gasteiger partial charge in [-0.2, -0.15) is 0 Å². The number of cyclic esters (lactones) is 1. The Hall–Kier alpha value is -4.53. The number of benzene rings is 1. The molecule has 3 aliphatic carbocycles. The van der Waals surface area contributed by atoms with Crippen molar-refractivity contribution >= 4 is 45.7 Å². The van der Waals surface area contributed by atoms with Crippen LogP contribution in [0.3, 0.4) is 0 Å². The van der Waals surface area contributed by atoms with Crippen LogP contribution in [-0.2, 0) is 55.8 Å². The Balaban J connectivity index is 0.992. The number of nitrogens with one attached hydrogen (secondary N) is 2. The van der Waals surface area contributed by atoms with Crippen LogP contribution in [0, 0.1) is 17.3 Å². The van der Waals surface area contributed by atoms with E-state index in [9.17, 15) is 9.59 Å². The number of hydrogen-bond acceptors (Lipinski definition) is 15. The monoisotopic (exact) mass is 1030 g/mol. The molecule has 2 amide bonds. The molecule has 3 saturated carbocycles. The second-order valence-corrected chi connectivity index (χ2v) is 24.1. The molecule has 0 spiro atoms. The number of pyridine rings is 1. The summed E-state index contributed by atoms with van der Waals surface area (Å²) in [6.07, 6.45) is 8.25. The fourth-order valence-electron chi connectivity index (χ4n) is 13.0. The molecule has 74 heavy (non-hydrogen) atoms. The van der Waals surface area contributed by atoms with Crippen molar-refractivity contribution in [1.29, 1.82) is 0 Å². The predicted octanol–water partition coefficient (Wildman–Crippen LogP) is 6.76. The number of rotatable bonds is 13. The van der Waals surface area contributed by atoms with Gasteiger partial charge in [-0.15, -0.1) is 11.3 Å². The van der Waals surface area contributed by atoms with Gasteiger partial charge in [-0.05, 0) is 114 Å². The Kier molecular flexibility index (Phi) is 13.7. The van der Waals surface area contributed by atoms with Crippen LogP contribution in [0.25, 0.3) is 33.4 Å². The van der Waals surface area contributed by atoms with Crippen molar-refractivity contribution in [1.82, 2.24) is 35.2 Å². The van der Waals surface area contributed by atoms with Gasteiger partial charge in [0.25, 0.3) is 11.8 Å². The molecule has 3 aromatic heterocycles. The van der Waals surface area contributed by atoms with Gasteiger partial charge in [0.2, 0.25) is 0 Å². The Morgan fingerprint density at radius 1 is 1.01 bits per heavy atom. The lowest BCUT2D eigenvalue weighted by Gasteiger charge is -2.53. The first-order chi connectivity index (χ1) is 35.8. The number of anilines is 1. The molecular weight excluding hydrogens is 961 g/mol. The minimum Gasteiger partial charge on any atom is -0.464 e. The first-order valence-corrected chi connectivity index (χ1v) is 28.4. The zero-order valence-corrected chi connectivity index (χ0v) is 44.8. The summed E-state index contributed by atoms with van der Waals surface area (Å²) in [6.45, 7) is 17.1. The van der Waals surface area contributed by atoms with Gasteiger partial charge in [0.05, 0.1) is 60.5 Å². The molecule has 17 nitrogen and oxygen atoms in total. The number of thiazole rings is 1. The van der Waals surface area contributed by atoms with E-state index in [1.54, 1.807) is 12.1 Å². The molecule has 10 heterocycles. The highest BCUT2D eigenvalue weighted by atomic mass is 32.1. The van der Waals surface area contributed by atoms with E-state index in [4.69, 9.17) is 38.4 Å². The Morgan fingerprint density at radius 3 is 2.51 bits per heavy atom. The number of aromatic nitrogens is 3. The van der Waals surface area contributed by atoms with Crippen LogP contribution in [0.15, 0.2) is 35.8 Å². The third kappa shape index (κ3) is 9.36. The highest BCUT2D eigenvalue weighted by Crippen LogP contribution is 2.53. The van der Waals surface area contributed by atoms with E-state index in [1.807, 2.05) is 25.4 Å². The van der Waals surface area contributed by atoms with Gasteiger partial charge in [0.1, 0.15) is 28.8 Å². The predicted molar refractivity (Wildman–Crippen MR) is 279 cm³/mol. The summed E-state index contributed by atoms with van der Waals surface area (Å²) < 4.78 is 40.0. The number of hydrogen-bond donors (Lipinski definition) is 2. The highest BCUT2D eigenvalue weighted by molar-refractivity contribution is 7.10. The number of nitrogens with zero attached hydrogens (tertiary/aromatic N) is 6. The van der Waals surface area contributed by atoms with E-state index in [1.165, 1.54) is 24.2 Å². The second-order valence-electron chi connectivity index (χ2n) is 23.2. The summed E-state index contributed by atoms with van der Waals surface area (Å²) in [6, 6.07) is 7.55. The van der Waals surface area contributed by atoms with Gasteiger partial charge >= 0.3 is 5.97 Å². The number of hydrazine groups is 1. The zero-order valence-electron chi connectivity index (χ0n) is 43.9. The molecular formula is C56H74N8O9S. The third-order valence-corrected chi connectivity index (χ3v) is 18.5. The van der Waals surface area contributed by atoms with Crippen molar-refractivity contribution in [3.8, 4) is 22.5 Å². The first kappa shape index (κ1) is 50.3. The van der Waals surface area contributed by atoms with Gasteiger partial charge in [-0.1, -0.05) is 19.9 Å². The third-order valence-electron chi connectivity index (χ3n) is 17.6. The van der Waals surface area contributed by atoms with E-state index < -0.39 is 35.2 Å². The number of carbonyl (C=O) groups is 3. The van der Waals surface area contributed by atoms with Crippen LogP contribution in [0.2, 0.25) is 0 Å². The molecule has 18 heteroatoms. The number of piperazine rings is 1. The minimum atomic E-state index is -1.15. The average molecular weight is 1040 g/mol. The van der Waals surface area contributed by atoms with Crippen LogP contribution in [0.5, 0.6) is 0 Å². The largest absolute Gasteiger partial charge is 0.464 e. The number of esters is 1. The number of carbonyl (C=O) groups excluding carboxylic acids is 3. The van der Waals surface area contributed by atoms with Crippen LogP contribution in [-0.4, -0.2) is 151 Å². The van der Waals surface area contributed by atoms with Crippen molar-refractivity contribution in [2.24, 2.45) is 17.3 Å². The van der Waals surface area contributed by atoms with Crippen LogP contribution in [0.1, 0.15) is 114 Å². The van der Waals surface area contributed by atoms with Gasteiger partial charge in [0, 0.05) is 105 Å². The highest BCUT2D eigenvalue weighted by Gasteiger charge is 2.62. The lowest BCUT2D eigenvalue weighted by molar-refractivity contribution is -0.173. The standard InChI is InChI=1S/C56H74N8O9S/c1-7-70-50-48(59-54(67)56-26-36(27-56)32(2)73-56)52(65)64-38-22-35(23-38)47(60-64)53(66)72-31-55(4,5)28-43-41-24-34(44-30-74-51(50)58-44)8-11-45(41)63(18-21-71-40-12-19-69-20-13-40)49(43)42-25-39(29-57-46(42)33(3)68-6)62-16-14-61(15-17-62)37-9-10-37/h8,11,24-25,29-30,32-33,35-38,40,47-48,50,60H,7,9-10,12-23,26-28,31H2,1-6H3,(H,59,67)/t32?,33-,35?,36?,38?,47-,48-,50-,56?/m0/s1. The smallest absolute Gasteiger partial charge is 0.325 e. The summed E-state index contributed by atoms with van der Waals surface area (Å²) in [5.74, 6) is -0.783. The van der Waals surface area contributed by atoms with Crippen molar-refractivity contribution in [3.05, 3.63) is 52.1 Å². The number of methoxy groups -OCH3 is 1. The van der Waals surface area contributed by atoms with E-state index >= 15 is 4.79 Å². The van der Waals surface area contributed by atoms with E-state index in [0.29, 0.717) is 69.4 Å². The zero-order chi connectivity index (χ0) is 51.0. The molecule has 2 N–H and O–H groups in total. The van der Waals surface area contributed by atoms with Gasteiger partial charge < -0.3 is 43.2 Å². The number of amides is 2. The topological polar surface area (TPSA) is 171 Å². The lowest BCUT2D eigenvalue weighted by atomic mass is 9.72. The fourth-order valence-corrected chi connectivity index (χ4v) is 13.9. The van der Waals surface area contributed by atoms with Crippen molar-refractivity contribution < 1.29 is 42.8 Å². The maximum atomic E-state index is 15.1. The summed E-state index contributed by atoms with van der Waals surface area (Å²) in [4.78, 5) is 59.7. The summed E-state index contributed by atoms with van der Waals surface area (Å²) >= 11 is 1.41. The molecule has 1 unspecified atom stereocenters. The average Bonchev–Trinajstić information content (AvgIpc) is 3.75. The summed E-state index contributed by atoms with van der Waals surface area (Å²) in [5, 5.41) is 8.35. The SMILES string of the molecule is CCO[C@@H]1c2nc(cs2)-c2ccc3c(c2)c(c(-c2cc(N4CCN(C5CC5)CC4)cnc2[C@H](C)OC)n3CCOC2CCOCC2)CC(C)(C)COC(=O)[C@H]2NN(C(=O)[C@H]1NC(=O)C13CC(C1)C(C)O3)C1CC2C1. The van der Waals surface area contributed by atoms with Gasteiger partial charge in [-0.3, -0.25) is 29.3 Å². The van der Waals surface area contributed by atoms with Crippen molar-refractivity contribution in [2.75, 3.05) is 71.2 Å². The molecule has 1 aromatic carbocycles. The van der Waals surface area contributed by atoms with E-state index in [-0.39, 0.29) is 55.3 Å². The van der Waals surface area contributed by atoms with Crippen molar-refractivity contribution in [3.63, 3.8) is 0 Å². The molecule has 10 aliphatic rings. The second kappa shape index (κ2) is 20.1. The Bertz CT molecular complexity index is 2750. The maximum absolute atomic E-state index is 15.1. The molecule has 398 valence electrons. The molecule has 0 radical (unpaired) electrons. The van der Waals surface area contributed by atoms with Crippen LogP contribution < -0.4 is 15.6 Å². The van der Waals surface area contributed by atoms with Crippen LogP contribution >= 0.6 is 11.3 Å². The van der Waals surface area contributed by atoms with E-state index in [0.717, 1.165) is 95.4 Å². The quantitative estimate of drug-likeness (QED) is 0.135. The molecule has 7 aliphatic heterocycles. The van der Waals surface area contributed by atoms with Crippen molar-refractivity contribution in [2.45, 2.75) is 153 Å². The number of fused-ring (bicyclic) bond motifs is 5. The van der Waals surface area contributed by atoms with Crippen LogP contribution in [0.4, 0.5) is 5.69 Å². The molecule has 5 atom stereocenters. The minimum absolute atomic E-state index is 0.00527. The number of ether oxygens (including phenoxy) is 6. The molecule has 14 rings (SSSR count). The molecule has 6 saturated heterocycles. The lowest BCUT2D eigenvalue weighted by Crippen LogP contribution is -2.72. The van der Waals surface area contributed by atoms with Gasteiger partial charge in [0.15, 0.2) is 0 Å². The Labute approximate surface area is 438 Å². The summed E-state index contributed by atoms with van der Waals surface area (Å²) in [7, 11) is 1.74.